The lowest BCUT2D eigenvalue weighted by Crippen LogP contribution is -2.07. The molecule has 0 aliphatic heterocycles. The lowest BCUT2D eigenvalue weighted by atomic mass is 10.2. The summed E-state index contributed by atoms with van der Waals surface area (Å²) >= 11 is 1.10. The van der Waals surface area contributed by atoms with Crippen molar-refractivity contribution >= 4 is 26.3 Å². The molecule has 0 radical (unpaired) electrons. The molecule has 17 heavy (non-hydrogen) atoms. The summed E-state index contributed by atoms with van der Waals surface area (Å²) < 4.78 is 23.8. The second-order valence-electron chi connectivity index (χ2n) is 3.55. The largest absolute Gasteiger partial charge is 0.374 e. The number of anilines is 1. The SMILES string of the molecule is Nc1nnc(CS(=O)(=O)Cc2ccccc2)s1. The van der Waals surface area contributed by atoms with E-state index in [1.165, 1.54) is 0 Å². The highest BCUT2D eigenvalue weighted by atomic mass is 32.2. The monoisotopic (exact) mass is 269 g/mol. The molecule has 0 aliphatic carbocycles. The van der Waals surface area contributed by atoms with Gasteiger partial charge in [-0.1, -0.05) is 41.7 Å². The van der Waals surface area contributed by atoms with Crippen molar-refractivity contribution in [3.8, 4) is 0 Å². The van der Waals surface area contributed by atoms with Gasteiger partial charge in [0.2, 0.25) is 5.13 Å². The smallest absolute Gasteiger partial charge is 0.203 e. The Morgan fingerprint density at radius 1 is 1.12 bits per heavy atom. The number of benzene rings is 1. The van der Waals surface area contributed by atoms with Crippen LogP contribution in [0.3, 0.4) is 0 Å². The Bertz CT molecular complexity index is 593. The lowest BCUT2D eigenvalue weighted by molar-refractivity contribution is 0.594. The number of rotatable bonds is 4. The van der Waals surface area contributed by atoms with Crippen LogP contribution in [0.2, 0.25) is 0 Å². The first-order chi connectivity index (χ1) is 8.05. The van der Waals surface area contributed by atoms with Gasteiger partial charge in [0.25, 0.3) is 0 Å². The molecule has 0 spiro atoms. The van der Waals surface area contributed by atoms with Gasteiger partial charge in [-0.3, -0.25) is 0 Å². The summed E-state index contributed by atoms with van der Waals surface area (Å²) in [6.45, 7) is 0. The summed E-state index contributed by atoms with van der Waals surface area (Å²) in [6, 6.07) is 9.04. The molecule has 0 aliphatic rings. The van der Waals surface area contributed by atoms with Gasteiger partial charge in [0.15, 0.2) is 9.84 Å². The number of hydrogen-bond donors (Lipinski definition) is 1. The Hall–Kier alpha value is -1.47. The van der Waals surface area contributed by atoms with Crippen molar-refractivity contribution in [2.45, 2.75) is 11.5 Å². The summed E-state index contributed by atoms with van der Waals surface area (Å²) in [5.41, 5.74) is 6.17. The number of hydrogen-bond acceptors (Lipinski definition) is 6. The molecular formula is C10H11N3O2S2. The second kappa shape index (κ2) is 4.80. The van der Waals surface area contributed by atoms with Crippen molar-refractivity contribution < 1.29 is 8.42 Å². The fourth-order valence-electron chi connectivity index (χ4n) is 1.39. The first-order valence-corrected chi connectivity index (χ1v) is 7.51. The van der Waals surface area contributed by atoms with Crippen molar-refractivity contribution in [3.05, 3.63) is 40.9 Å². The van der Waals surface area contributed by atoms with E-state index < -0.39 is 9.84 Å². The number of aromatic nitrogens is 2. The molecule has 5 nitrogen and oxygen atoms in total. The van der Waals surface area contributed by atoms with Crippen molar-refractivity contribution in [2.24, 2.45) is 0 Å². The van der Waals surface area contributed by atoms with Crippen LogP contribution in [0.4, 0.5) is 5.13 Å². The molecule has 0 saturated carbocycles. The topological polar surface area (TPSA) is 85.9 Å². The number of nitrogens with zero attached hydrogens (tertiary/aromatic N) is 2. The van der Waals surface area contributed by atoms with E-state index in [1.807, 2.05) is 18.2 Å². The minimum Gasteiger partial charge on any atom is -0.374 e. The van der Waals surface area contributed by atoms with Crippen molar-refractivity contribution in [3.63, 3.8) is 0 Å². The van der Waals surface area contributed by atoms with E-state index in [0.717, 1.165) is 16.9 Å². The molecule has 7 heteroatoms. The molecule has 0 saturated heterocycles. The van der Waals surface area contributed by atoms with E-state index in [9.17, 15) is 8.42 Å². The molecule has 0 fully saturated rings. The summed E-state index contributed by atoms with van der Waals surface area (Å²) in [4.78, 5) is 0. The molecule has 1 heterocycles. The maximum Gasteiger partial charge on any atom is 0.203 e. The first-order valence-electron chi connectivity index (χ1n) is 4.87. The molecule has 1 aromatic carbocycles. The standard InChI is InChI=1S/C10H11N3O2S2/c11-10-13-12-9(16-10)7-17(14,15)6-8-4-2-1-3-5-8/h1-5H,6-7H2,(H2,11,13). The lowest BCUT2D eigenvalue weighted by Gasteiger charge is -2.01. The normalized spacial score (nSPS) is 11.5. The highest BCUT2D eigenvalue weighted by molar-refractivity contribution is 7.90. The van der Waals surface area contributed by atoms with Crippen LogP contribution in [0.5, 0.6) is 0 Å². The summed E-state index contributed by atoms with van der Waals surface area (Å²) in [5, 5.41) is 8.01. The van der Waals surface area contributed by atoms with Crippen LogP contribution in [0.25, 0.3) is 0 Å². The zero-order valence-electron chi connectivity index (χ0n) is 8.91. The number of nitrogen functional groups attached to an aromatic ring is 1. The molecule has 2 aromatic rings. The summed E-state index contributed by atoms with van der Waals surface area (Å²) in [7, 11) is -3.22. The van der Waals surface area contributed by atoms with Gasteiger partial charge in [-0.15, -0.1) is 10.2 Å². The minimum atomic E-state index is -3.22. The third-order valence-corrected chi connectivity index (χ3v) is 4.48. The Labute approximate surface area is 103 Å². The fourth-order valence-corrected chi connectivity index (χ4v) is 3.81. The van der Waals surface area contributed by atoms with E-state index in [2.05, 4.69) is 10.2 Å². The molecule has 2 N–H and O–H groups in total. The molecule has 0 bridgehead atoms. The molecule has 90 valence electrons. The molecule has 0 atom stereocenters. The van der Waals surface area contributed by atoms with Crippen molar-refractivity contribution in [2.75, 3.05) is 5.73 Å². The van der Waals surface area contributed by atoms with Gasteiger partial charge in [-0.25, -0.2) is 8.42 Å². The first kappa shape index (κ1) is 12.0. The van der Waals surface area contributed by atoms with Crippen LogP contribution in [0, 0.1) is 0 Å². The minimum absolute atomic E-state index is 0.00727. The van der Waals surface area contributed by atoms with Gasteiger partial charge in [-0.2, -0.15) is 0 Å². The zero-order chi connectivity index (χ0) is 12.3. The predicted molar refractivity (Wildman–Crippen MR) is 67.1 cm³/mol. The van der Waals surface area contributed by atoms with E-state index in [0.29, 0.717) is 5.01 Å². The predicted octanol–water partition coefficient (Wildman–Crippen LogP) is 1.24. The highest BCUT2D eigenvalue weighted by Gasteiger charge is 2.15. The Balaban J connectivity index is 2.10. The molecular weight excluding hydrogens is 258 g/mol. The third kappa shape index (κ3) is 3.50. The fraction of sp³-hybridized carbons (Fsp3) is 0.200. The van der Waals surface area contributed by atoms with Crippen LogP contribution in [-0.2, 0) is 21.3 Å². The van der Waals surface area contributed by atoms with Crippen molar-refractivity contribution in [1.82, 2.24) is 10.2 Å². The molecule has 1 aromatic heterocycles. The summed E-state index contributed by atoms with van der Waals surface area (Å²) in [6.07, 6.45) is 0. The Kier molecular flexibility index (Phi) is 3.39. The maximum atomic E-state index is 11.9. The van der Waals surface area contributed by atoms with Gasteiger partial charge in [0, 0.05) is 0 Å². The van der Waals surface area contributed by atoms with Crippen LogP contribution in [0.1, 0.15) is 10.6 Å². The summed E-state index contributed by atoms with van der Waals surface area (Å²) in [5.74, 6) is -0.107. The van der Waals surface area contributed by atoms with Gasteiger partial charge in [0.05, 0.1) is 5.75 Å². The van der Waals surface area contributed by atoms with E-state index in [4.69, 9.17) is 5.73 Å². The molecule has 0 amide bonds. The van der Waals surface area contributed by atoms with E-state index in [-0.39, 0.29) is 16.6 Å². The van der Waals surface area contributed by atoms with Crippen LogP contribution >= 0.6 is 11.3 Å². The van der Waals surface area contributed by atoms with E-state index >= 15 is 0 Å². The molecule has 2 rings (SSSR count). The van der Waals surface area contributed by atoms with E-state index in [1.54, 1.807) is 12.1 Å². The Morgan fingerprint density at radius 2 is 1.82 bits per heavy atom. The zero-order valence-corrected chi connectivity index (χ0v) is 10.5. The van der Waals surface area contributed by atoms with Gasteiger partial charge in [-0.05, 0) is 5.56 Å². The number of nitrogens with two attached hydrogens (primary N) is 1. The highest BCUT2D eigenvalue weighted by Crippen LogP contribution is 2.16. The van der Waals surface area contributed by atoms with Crippen LogP contribution in [-0.4, -0.2) is 18.6 Å². The van der Waals surface area contributed by atoms with Gasteiger partial charge in [0.1, 0.15) is 10.8 Å². The Morgan fingerprint density at radius 3 is 2.41 bits per heavy atom. The average Bonchev–Trinajstić information content (AvgIpc) is 2.63. The maximum absolute atomic E-state index is 11.9. The quantitative estimate of drug-likeness (QED) is 0.902. The molecule has 0 unspecified atom stereocenters. The van der Waals surface area contributed by atoms with Crippen LogP contribution in [0.15, 0.2) is 30.3 Å². The average molecular weight is 269 g/mol. The van der Waals surface area contributed by atoms with Crippen LogP contribution < -0.4 is 5.73 Å². The third-order valence-electron chi connectivity index (χ3n) is 2.06. The second-order valence-corrected chi connectivity index (χ2v) is 6.71. The van der Waals surface area contributed by atoms with Gasteiger partial charge >= 0.3 is 0 Å². The van der Waals surface area contributed by atoms with Gasteiger partial charge < -0.3 is 5.73 Å². The number of sulfone groups is 1. The van der Waals surface area contributed by atoms with Crippen molar-refractivity contribution in [1.29, 1.82) is 0 Å².